The third kappa shape index (κ3) is 4.91. The Balaban J connectivity index is 1.76. The predicted molar refractivity (Wildman–Crippen MR) is 117 cm³/mol. The minimum absolute atomic E-state index is 0.0720. The van der Waals surface area contributed by atoms with E-state index in [-0.39, 0.29) is 17.9 Å². The second-order valence-electron chi connectivity index (χ2n) is 6.70. The molecule has 31 heavy (non-hydrogen) atoms. The molecule has 0 saturated heterocycles. The van der Waals surface area contributed by atoms with Crippen LogP contribution >= 0.6 is 18.9 Å². The van der Waals surface area contributed by atoms with Crippen LogP contribution in [0, 0.1) is 18.6 Å². The number of nitrogens with zero attached hydrogens (tertiary/aromatic N) is 2. The molecular formula is C21H21F2N2O4PS. The molecule has 0 aliphatic rings. The van der Waals surface area contributed by atoms with Gasteiger partial charge in [0.2, 0.25) is 5.91 Å². The van der Waals surface area contributed by atoms with E-state index in [2.05, 4.69) is 4.98 Å². The third-order valence-electron chi connectivity index (χ3n) is 4.70. The fourth-order valence-corrected chi connectivity index (χ4v) is 5.79. The number of rotatable bonds is 7. The van der Waals surface area contributed by atoms with Crippen LogP contribution in [0.25, 0.3) is 11.1 Å². The monoisotopic (exact) mass is 466 g/mol. The lowest BCUT2D eigenvalue weighted by atomic mass is 10.0. The Morgan fingerprint density at radius 1 is 1.13 bits per heavy atom. The quantitative estimate of drug-likeness (QED) is 0.472. The summed E-state index contributed by atoms with van der Waals surface area (Å²) in [4.78, 5) is 18.4. The van der Waals surface area contributed by atoms with Crippen molar-refractivity contribution in [2.75, 3.05) is 26.2 Å². The third-order valence-corrected chi connectivity index (χ3v) is 8.46. The van der Waals surface area contributed by atoms with Gasteiger partial charge >= 0.3 is 7.60 Å². The zero-order valence-corrected chi connectivity index (χ0v) is 19.1. The van der Waals surface area contributed by atoms with Crippen LogP contribution in [0.3, 0.4) is 0 Å². The molecule has 0 aliphatic carbocycles. The van der Waals surface area contributed by atoms with Gasteiger partial charge in [0.1, 0.15) is 16.3 Å². The van der Waals surface area contributed by atoms with Gasteiger partial charge in [-0.2, -0.15) is 0 Å². The van der Waals surface area contributed by atoms with Crippen LogP contribution in [-0.4, -0.2) is 32.2 Å². The molecule has 3 rings (SSSR count). The number of aryl methyl sites for hydroxylation is 1. The number of benzene rings is 2. The summed E-state index contributed by atoms with van der Waals surface area (Å²) in [5, 5.41) is 0.366. The van der Waals surface area contributed by atoms with E-state index in [9.17, 15) is 18.1 Å². The maximum absolute atomic E-state index is 14.0. The number of carbonyl (C=O) groups excluding carboxylic acids is 1. The fourth-order valence-electron chi connectivity index (χ4n) is 2.93. The molecular weight excluding hydrogens is 445 g/mol. The van der Waals surface area contributed by atoms with Crippen molar-refractivity contribution in [3.8, 4) is 11.1 Å². The number of thiazole rings is 1. The van der Waals surface area contributed by atoms with E-state index in [1.807, 2.05) is 0 Å². The minimum atomic E-state index is -3.47. The van der Waals surface area contributed by atoms with Crippen LogP contribution in [0.5, 0.6) is 0 Å². The summed E-state index contributed by atoms with van der Waals surface area (Å²) in [6, 6.07) is 9.92. The average Bonchev–Trinajstić information content (AvgIpc) is 3.17. The Kier molecular flexibility index (Phi) is 7.01. The number of hydrogen-bond acceptors (Lipinski definition) is 6. The number of halogens is 2. The van der Waals surface area contributed by atoms with Crippen molar-refractivity contribution >= 4 is 34.6 Å². The first-order chi connectivity index (χ1) is 14.7. The highest BCUT2D eigenvalue weighted by molar-refractivity contribution is 7.69. The van der Waals surface area contributed by atoms with E-state index < -0.39 is 19.2 Å². The molecule has 1 heterocycles. The van der Waals surface area contributed by atoms with E-state index in [1.165, 1.54) is 19.1 Å². The van der Waals surface area contributed by atoms with E-state index in [4.69, 9.17) is 9.05 Å². The lowest BCUT2D eigenvalue weighted by molar-refractivity contribution is -0.117. The maximum Gasteiger partial charge on any atom is 0.372 e. The molecule has 1 amide bonds. The molecule has 0 aliphatic heterocycles. The van der Waals surface area contributed by atoms with Crippen molar-refractivity contribution in [3.63, 3.8) is 0 Å². The minimum Gasteiger partial charge on any atom is -0.308 e. The zero-order valence-electron chi connectivity index (χ0n) is 17.4. The molecule has 6 nitrogen and oxygen atoms in total. The number of aromatic nitrogens is 1. The van der Waals surface area contributed by atoms with Gasteiger partial charge in [0.15, 0.2) is 5.13 Å². The van der Waals surface area contributed by atoms with Gasteiger partial charge in [-0.25, -0.2) is 13.8 Å². The van der Waals surface area contributed by atoms with Crippen molar-refractivity contribution in [2.24, 2.45) is 0 Å². The Morgan fingerprint density at radius 3 is 2.39 bits per heavy atom. The summed E-state index contributed by atoms with van der Waals surface area (Å²) in [5.74, 6) is -1.29. The summed E-state index contributed by atoms with van der Waals surface area (Å²) >= 11 is 1.07. The van der Waals surface area contributed by atoms with Gasteiger partial charge in [-0.05, 0) is 36.2 Å². The smallest absolute Gasteiger partial charge is 0.308 e. The second kappa shape index (κ2) is 9.36. The molecule has 1 aromatic heterocycles. The molecule has 0 N–H and O–H groups in total. The van der Waals surface area contributed by atoms with Crippen LogP contribution in [-0.2, 0) is 24.8 Å². The largest absolute Gasteiger partial charge is 0.372 e. The van der Waals surface area contributed by atoms with Crippen molar-refractivity contribution in [2.45, 2.75) is 13.3 Å². The molecule has 0 bridgehead atoms. The van der Waals surface area contributed by atoms with Gasteiger partial charge in [-0.3, -0.25) is 14.3 Å². The molecule has 0 unspecified atom stereocenters. The topological polar surface area (TPSA) is 68.7 Å². The highest BCUT2D eigenvalue weighted by atomic mass is 32.1. The lowest BCUT2D eigenvalue weighted by Gasteiger charge is -2.14. The van der Waals surface area contributed by atoms with Gasteiger partial charge in [-0.1, -0.05) is 35.6 Å². The van der Waals surface area contributed by atoms with Crippen molar-refractivity contribution in [3.05, 3.63) is 65.4 Å². The maximum atomic E-state index is 14.0. The van der Waals surface area contributed by atoms with E-state index in [1.54, 1.807) is 38.2 Å². The van der Waals surface area contributed by atoms with Crippen LogP contribution in [0.15, 0.2) is 42.5 Å². The average molecular weight is 466 g/mol. The van der Waals surface area contributed by atoms with Gasteiger partial charge < -0.3 is 9.05 Å². The number of hydrogen-bond donors (Lipinski definition) is 0. The summed E-state index contributed by atoms with van der Waals surface area (Å²) in [7, 11) is 0.684. The SMILES string of the molecule is COP(=O)(OC)c1sc(N(C)C(=O)Cc2ccc(-c3cc(F)ccc3F)cc2)nc1C. The Labute approximate surface area is 183 Å². The first kappa shape index (κ1) is 23.2. The summed E-state index contributed by atoms with van der Waals surface area (Å²) in [5.41, 5.74) is 1.83. The highest BCUT2D eigenvalue weighted by Crippen LogP contribution is 2.48. The second-order valence-corrected chi connectivity index (χ2v) is 10.2. The van der Waals surface area contributed by atoms with Crippen LogP contribution in [0.2, 0.25) is 0 Å². The zero-order chi connectivity index (χ0) is 22.8. The fraction of sp³-hybridized carbons (Fsp3) is 0.238. The van der Waals surface area contributed by atoms with Gasteiger partial charge in [-0.15, -0.1) is 0 Å². The number of carbonyl (C=O) groups is 1. The van der Waals surface area contributed by atoms with E-state index in [0.717, 1.165) is 29.5 Å². The number of likely N-dealkylation sites (N-methyl/N-ethyl adjacent to an activating group) is 1. The highest BCUT2D eigenvalue weighted by Gasteiger charge is 2.31. The molecule has 164 valence electrons. The first-order valence-corrected chi connectivity index (χ1v) is 11.5. The predicted octanol–water partition coefficient (Wildman–Crippen LogP) is 4.71. The van der Waals surface area contributed by atoms with Crippen LogP contribution in [0.1, 0.15) is 11.3 Å². The molecule has 0 saturated carbocycles. The Morgan fingerprint density at radius 2 is 1.77 bits per heavy atom. The molecule has 0 radical (unpaired) electrons. The standard InChI is InChI=1S/C21H21F2N2O4PS/c1-13-20(30(27,28-3)29-4)31-21(24-13)25(2)19(26)11-14-5-7-15(8-6-14)17-12-16(22)9-10-18(17)23/h5-10,12H,11H2,1-4H3. The van der Waals surface area contributed by atoms with Gasteiger partial charge in [0.05, 0.1) is 12.1 Å². The summed E-state index contributed by atoms with van der Waals surface area (Å²) in [6.07, 6.45) is 0.0720. The Bertz CT molecular complexity index is 1140. The van der Waals surface area contributed by atoms with Crippen LogP contribution < -0.4 is 9.52 Å². The summed E-state index contributed by atoms with van der Waals surface area (Å²) < 4.78 is 50.4. The molecule has 3 aromatic rings. The molecule has 10 heteroatoms. The first-order valence-electron chi connectivity index (χ1n) is 9.19. The molecule has 0 spiro atoms. The van der Waals surface area contributed by atoms with Crippen LogP contribution in [0.4, 0.5) is 13.9 Å². The van der Waals surface area contributed by atoms with Crippen molar-refractivity contribution in [1.82, 2.24) is 4.98 Å². The molecule has 2 aromatic carbocycles. The van der Waals surface area contributed by atoms with Crippen molar-refractivity contribution in [1.29, 1.82) is 0 Å². The van der Waals surface area contributed by atoms with Gasteiger partial charge in [0.25, 0.3) is 0 Å². The van der Waals surface area contributed by atoms with Gasteiger partial charge in [0, 0.05) is 26.8 Å². The molecule has 0 atom stereocenters. The number of anilines is 1. The normalized spacial score (nSPS) is 11.5. The van der Waals surface area contributed by atoms with Crippen molar-refractivity contribution < 1.29 is 27.2 Å². The Hall–Kier alpha value is -2.45. The lowest BCUT2D eigenvalue weighted by Crippen LogP contribution is -2.27. The molecule has 0 fully saturated rings. The van der Waals surface area contributed by atoms with E-state index >= 15 is 0 Å². The number of amides is 1. The summed E-state index contributed by atoms with van der Waals surface area (Å²) in [6.45, 7) is 1.67. The van der Waals surface area contributed by atoms with E-state index in [0.29, 0.717) is 26.6 Å².